The van der Waals surface area contributed by atoms with Crippen LogP contribution < -0.4 is 10.9 Å². The second-order valence-electron chi connectivity index (χ2n) is 6.98. The minimum absolute atomic E-state index is 0.194. The first-order valence-corrected chi connectivity index (χ1v) is 10.3. The molecule has 3 aromatic rings. The van der Waals surface area contributed by atoms with Crippen LogP contribution in [0.4, 0.5) is 5.82 Å². The number of aryl methyl sites for hydroxylation is 1. The minimum Gasteiger partial charge on any atom is -0.480 e. The van der Waals surface area contributed by atoms with Crippen molar-refractivity contribution in [1.29, 1.82) is 0 Å². The molecule has 0 saturated carbocycles. The van der Waals surface area contributed by atoms with Gasteiger partial charge in [-0.3, -0.25) is 9.36 Å². The Morgan fingerprint density at radius 1 is 1.13 bits per heavy atom. The fourth-order valence-electron chi connectivity index (χ4n) is 3.75. The van der Waals surface area contributed by atoms with Gasteiger partial charge in [-0.15, -0.1) is 0 Å². The summed E-state index contributed by atoms with van der Waals surface area (Å²) < 4.78 is 1.38. The van der Waals surface area contributed by atoms with Crippen molar-refractivity contribution in [3.8, 4) is 11.1 Å². The Bertz CT molecular complexity index is 1090. The van der Waals surface area contributed by atoms with Crippen LogP contribution in [0.2, 0.25) is 0 Å². The van der Waals surface area contributed by atoms with E-state index in [4.69, 9.17) is 0 Å². The molecule has 6 nitrogen and oxygen atoms in total. The Kier molecular flexibility index (Phi) is 6.67. The number of carboxylic acid groups (broad SMARTS) is 1. The first-order chi connectivity index (χ1) is 14.5. The highest BCUT2D eigenvalue weighted by Crippen LogP contribution is 2.26. The SMILES string of the molecule is CC.Cc1nc(NCc2cccc(-c3ccccc3)c2)c(=O)n2c1CCC2C(=O)O. The molecule has 2 aromatic carbocycles. The standard InChI is InChI=1S/C22H21N3O3.C2H6/c1-14-18-10-11-19(22(27)28)25(18)21(26)20(24-14)23-13-15-6-5-9-17(12-15)16-7-3-2-4-8-16;1-2/h2-9,12,19H,10-11,13H2,1H3,(H,23,24)(H,27,28);1-2H3. The zero-order valence-electron chi connectivity index (χ0n) is 17.6. The van der Waals surface area contributed by atoms with Crippen molar-refractivity contribution < 1.29 is 9.90 Å². The molecule has 0 saturated heterocycles. The number of aliphatic carboxylic acids is 1. The van der Waals surface area contributed by atoms with Gasteiger partial charge in [-0.05, 0) is 42.5 Å². The largest absolute Gasteiger partial charge is 0.480 e. The number of carbonyl (C=O) groups is 1. The van der Waals surface area contributed by atoms with Crippen molar-refractivity contribution in [2.24, 2.45) is 0 Å². The molecule has 0 bridgehead atoms. The molecular weight excluding hydrogens is 378 g/mol. The smallest absolute Gasteiger partial charge is 0.326 e. The molecule has 30 heavy (non-hydrogen) atoms. The number of carboxylic acids is 1. The molecule has 4 rings (SSSR count). The van der Waals surface area contributed by atoms with Crippen molar-refractivity contribution in [3.63, 3.8) is 0 Å². The van der Waals surface area contributed by atoms with Gasteiger partial charge in [0.1, 0.15) is 6.04 Å². The first kappa shape index (κ1) is 21.3. The predicted molar refractivity (Wildman–Crippen MR) is 119 cm³/mol. The van der Waals surface area contributed by atoms with Crippen LogP contribution in [0, 0.1) is 6.92 Å². The average molecular weight is 405 g/mol. The molecule has 0 spiro atoms. The third-order valence-electron chi connectivity index (χ3n) is 5.15. The van der Waals surface area contributed by atoms with Crippen molar-refractivity contribution >= 4 is 11.8 Å². The van der Waals surface area contributed by atoms with Crippen molar-refractivity contribution in [1.82, 2.24) is 9.55 Å². The molecule has 6 heteroatoms. The molecule has 1 aliphatic heterocycles. The molecule has 0 amide bonds. The lowest BCUT2D eigenvalue weighted by molar-refractivity contribution is -0.140. The summed E-state index contributed by atoms with van der Waals surface area (Å²) in [5.74, 6) is -0.785. The van der Waals surface area contributed by atoms with Crippen LogP contribution in [-0.2, 0) is 17.8 Å². The summed E-state index contributed by atoms with van der Waals surface area (Å²) in [7, 11) is 0. The first-order valence-electron chi connectivity index (χ1n) is 10.3. The fourth-order valence-corrected chi connectivity index (χ4v) is 3.75. The Morgan fingerprint density at radius 2 is 1.83 bits per heavy atom. The lowest BCUT2D eigenvalue weighted by atomic mass is 10.0. The number of fused-ring (bicyclic) bond motifs is 1. The molecule has 0 radical (unpaired) electrons. The van der Waals surface area contributed by atoms with Gasteiger partial charge >= 0.3 is 5.97 Å². The highest BCUT2D eigenvalue weighted by atomic mass is 16.4. The Morgan fingerprint density at radius 3 is 2.53 bits per heavy atom. The average Bonchev–Trinajstić information content (AvgIpc) is 3.24. The lowest BCUT2D eigenvalue weighted by Gasteiger charge is -2.14. The topological polar surface area (TPSA) is 84.2 Å². The maximum atomic E-state index is 12.8. The van der Waals surface area contributed by atoms with E-state index in [2.05, 4.69) is 28.5 Å². The molecule has 2 N–H and O–H groups in total. The number of benzene rings is 2. The van der Waals surface area contributed by atoms with E-state index in [1.165, 1.54) is 4.57 Å². The third kappa shape index (κ3) is 4.27. The van der Waals surface area contributed by atoms with Crippen LogP contribution in [0.1, 0.15) is 43.3 Å². The maximum absolute atomic E-state index is 12.8. The van der Waals surface area contributed by atoms with Gasteiger partial charge in [0.05, 0.1) is 5.69 Å². The third-order valence-corrected chi connectivity index (χ3v) is 5.15. The highest BCUT2D eigenvalue weighted by Gasteiger charge is 2.31. The van der Waals surface area contributed by atoms with Gasteiger partial charge in [-0.25, -0.2) is 9.78 Å². The van der Waals surface area contributed by atoms with Crippen molar-refractivity contribution in [2.45, 2.75) is 46.2 Å². The zero-order valence-corrected chi connectivity index (χ0v) is 17.6. The van der Waals surface area contributed by atoms with Crippen molar-refractivity contribution in [2.75, 3.05) is 5.32 Å². The number of anilines is 1. The molecule has 0 aliphatic carbocycles. The summed E-state index contributed by atoms with van der Waals surface area (Å²) in [6.07, 6.45) is 0.986. The fraction of sp³-hybridized carbons (Fsp3) is 0.292. The van der Waals surface area contributed by atoms with Gasteiger partial charge in [0.2, 0.25) is 0 Å². The summed E-state index contributed by atoms with van der Waals surface area (Å²) in [5, 5.41) is 12.5. The summed E-state index contributed by atoms with van der Waals surface area (Å²) in [6, 6.07) is 17.3. The van der Waals surface area contributed by atoms with E-state index >= 15 is 0 Å². The predicted octanol–water partition coefficient (Wildman–Crippen LogP) is 4.43. The molecule has 1 atom stereocenters. The molecule has 0 fully saturated rings. The monoisotopic (exact) mass is 405 g/mol. The van der Waals surface area contributed by atoms with Crippen LogP contribution in [-0.4, -0.2) is 20.6 Å². The summed E-state index contributed by atoms with van der Waals surface area (Å²) in [5.41, 5.74) is 4.28. The van der Waals surface area contributed by atoms with Gasteiger partial charge in [-0.1, -0.05) is 62.4 Å². The number of hydrogen-bond acceptors (Lipinski definition) is 4. The summed E-state index contributed by atoms with van der Waals surface area (Å²) in [4.78, 5) is 28.7. The maximum Gasteiger partial charge on any atom is 0.326 e. The van der Waals surface area contributed by atoms with Gasteiger partial charge in [0.15, 0.2) is 5.82 Å². The normalized spacial score (nSPS) is 14.4. The molecular formula is C24H27N3O3. The second-order valence-corrected chi connectivity index (χ2v) is 6.98. The van der Waals surface area contributed by atoms with E-state index in [1.807, 2.05) is 57.2 Å². The molecule has 156 valence electrons. The van der Waals surface area contributed by atoms with Crippen molar-refractivity contribution in [3.05, 3.63) is 81.9 Å². The number of hydrogen-bond donors (Lipinski definition) is 2. The lowest BCUT2D eigenvalue weighted by Crippen LogP contribution is -2.31. The van der Waals surface area contributed by atoms with E-state index in [9.17, 15) is 14.7 Å². The van der Waals surface area contributed by atoms with Crippen LogP contribution >= 0.6 is 0 Å². The van der Waals surface area contributed by atoms with Gasteiger partial charge in [0, 0.05) is 12.2 Å². The summed E-state index contributed by atoms with van der Waals surface area (Å²) in [6.45, 7) is 6.25. The molecule has 1 unspecified atom stereocenters. The Labute approximate surface area is 176 Å². The minimum atomic E-state index is -0.979. The highest BCUT2D eigenvalue weighted by molar-refractivity contribution is 5.73. The van der Waals surface area contributed by atoms with Crippen LogP contribution in [0.3, 0.4) is 0 Å². The van der Waals surface area contributed by atoms with Crippen LogP contribution in [0.5, 0.6) is 0 Å². The van der Waals surface area contributed by atoms with E-state index in [0.717, 1.165) is 16.7 Å². The quantitative estimate of drug-likeness (QED) is 0.656. The van der Waals surface area contributed by atoms with Crippen LogP contribution in [0.25, 0.3) is 11.1 Å². The number of nitrogens with zero attached hydrogens (tertiary/aromatic N) is 2. The van der Waals surface area contributed by atoms with E-state index in [-0.39, 0.29) is 11.4 Å². The molecule has 1 aromatic heterocycles. The summed E-state index contributed by atoms with van der Waals surface area (Å²) >= 11 is 0. The van der Waals surface area contributed by atoms with Gasteiger partial charge in [0.25, 0.3) is 5.56 Å². The zero-order chi connectivity index (χ0) is 21.7. The molecule has 1 aliphatic rings. The van der Waals surface area contributed by atoms with Crippen LogP contribution in [0.15, 0.2) is 59.4 Å². The Hall–Kier alpha value is -3.41. The van der Waals surface area contributed by atoms with Gasteiger partial charge in [-0.2, -0.15) is 0 Å². The number of aromatic nitrogens is 2. The van der Waals surface area contributed by atoms with E-state index in [1.54, 1.807) is 0 Å². The van der Waals surface area contributed by atoms with E-state index < -0.39 is 12.0 Å². The van der Waals surface area contributed by atoms with E-state index in [0.29, 0.717) is 30.8 Å². The number of rotatable bonds is 5. The second kappa shape index (κ2) is 9.39. The molecule has 2 heterocycles. The Balaban J connectivity index is 0.00000124. The van der Waals surface area contributed by atoms with Gasteiger partial charge < -0.3 is 10.4 Å². The number of nitrogens with one attached hydrogen (secondary N) is 1.